The third-order valence-corrected chi connectivity index (χ3v) is 6.35. The van der Waals surface area contributed by atoms with Gasteiger partial charge in [-0.2, -0.15) is 0 Å². The second-order valence-electron chi connectivity index (χ2n) is 8.61. The van der Waals surface area contributed by atoms with Crippen molar-refractivity contribution in [3.8, 4) is 0 Å². The summed E-state index contributed by atoms with van der Waals surface area (Å²) in [4.78, 5) is 23.0. The molecule has 0 spiro atoms. The zero-order valence-electron chi connectivity index (χ0n) is 19.9. The van der Waals surface area contributed by atoms with Crippen LogP contribution in [0.5, 0.6) is 0 Å². The highest BCUT2D eigenvalue weighted by atomic mass is 16.5. The predicted octanol–water partition coefficient (Wildman–Crippen LogP) is 3.17. The molecule has 184 valence electrons. The van der Waals surface area contributed by atoms with Gasteiger partial charge in [0.15, 0.2) is 0 Å². The third kappa shape index (κ3) is 4.93. The predicted molar refractivity (Wildman–Crippen MR) is 141 cm³/mol. The van der Waals surface area contributed by atoms with Gasteiger partial charge >= 0.3 is 0 Å². The molecule has 1 aromatic carbocycles. The summed E-state index contributed by atoms with van der Waals surface area (Å²) < 4.78 is 5.58. The normalized spacial score (nSPS) is 18.9. The maximum absolute atomic E-state index is 11.8. The number of morpholine rings is 1. The van der Waals surface area contributed by atoms with Crippen LogP contribution in [0.1, 0.15) is 22.9 Å². The number of nitrogens with two attached hydrogens (primary N) is 1. The van der Waals surface area contributed by atoms with Crippen molar-refractivity contribution < 1.29 is 9.53 Å². The Morgan fingerprint density at radius 2 is 2.06 bits per heavy atom. The molecule has 2 atom stereocenters. The zero-order valence-corrected chi connectivity index (χ0v) is 19.9. The number of pyridine rings is 2. The Morgan fingerprint density at radius 3 is 2.86 bits per heavy atom. The smallest absolute Gasteiger partial charge is 0.247 e. The van der Waals surface area contributed by atoms with Gasteiger partial charge in [-0.15, -0.1) is 0 Å². The second-order valence-corrected chi connectivity index (χ2v) is 8.61. The number of nitrogens with zero attached hydrogens (tertiary/aromatic N) is 4. The van der Waals surface area contributed by atoms with Crippen LogP contribution in [0.4, 0.5) is 17.1 Å². The first-order valence-electron chi connectivity index (χ1n) is 11.9. The maximum Gasteiger partial charge on any atom is 0.247 e. The number of hydrazine groups is 1. The Labute approximate surface area is 210 Å². The van der Waals surface area contributed by atoms with Crippen LogP contribution in [0.2, 0.25) is 0 Å². The Balaban J connectivity index is 1.42. The first-order chi connectivity index (χ1) is 17.7. The number of benzene rings is 1. The van der Waals surface area contributed by atoms with E-state index in [9.17, 15) is 4.79 Å². The van der Waals surface area contributed by atoms with Crippen LogP contribution < -0.4 is 21.4 Å². The van der Waals surface area contributed by atoms with Gasteiger partial charge in [-0.25, -0.2) is 0 Å². The topological polar surface area (TPSA) is 109 Å². The number of ether oxygens (including phenoxy) is 1. The Kier molecular flexibility index (Phi) is 6.92. The average Bonchev–Trinajstić information content (AvgIpc) is 2.93. The SMILES string of the molecule is C=CC(=O)Nc1ccnc([C@H]2c3ccncc3C=CN2Nc2ccc(N3CCOCC3CN)cc2)c1. The Morgan fingerprint density at radius 1 is 1.19 bits per heavy atom. The molecule has 4 heterocycles. The van der Waals surface area contributed by atoms with Crippen molar-refractivity contribution >= 4 is 29.0 Å². The van der Waals surface area contributed by atoms with Crippen LogP contribution in [-0.2, 0) is 9.53 Å². The highest BCUT2D eigenvalue weighted by molar-refractivity contribution is 5.98. The second kappa shape index (κ2) is 10.6. The Bertz CT molecular complexity index is 1260. The van der Waals surface area contributed by atoms with Gasteiger partial charge in [-0.05, 0) is 60.2 Å². The molecule has 2 aromatic heterocycles. The average molecular weight is 484 g/mol. The number of nitrogens with one attached hydrogen (secondary N) is 2. The number of hydrogen-bond donors (Lipinski definition) is 3. The van der Waals surface area contributed by atoms with Crippen LogP contribution in [0.25, 0.3) is 6.08 Å². The van der Waals surface area contributed by atoms with E-state index in [1.54, 1.807) is 18.5 Å². The van der Waals surface area contributed by atoms with Crippen molar-refractivity contribution in [3.63, 3.8) is 0 Å². The van der Waals surface area contributed by atoms with E-state index < -0.39 is 0 Å². The number of hydrogen-bond acceptors (Lipinski definition) is 8. The number of carbonyl (C=O) groups is 1. The summed E-state index contributed by atoms with van der Waals surface area (Å²) in [5.74, 6) is -0.271. The summed E-state index contributed by atoms with van der Waals surface area (Å²) >= 11 is 0. The molecule has 9 heteroatoms. The number of aromatic nitrogens is 2. The van der Waals surface area contributed by atoms with Gasteiger partial charge in [-0.1, -0.05) is 6.58 Å². The summed E-state index contributed by atoms with van der Waals surface area (Å²) in [6.07, 6.45) is 10.5. The van der Waals surface area contributed by atoms with Crippen molar-refractivity contribution in [2.45, 2.75) is 12.1 Å². The van der Waals surface area contributed by atoms with E-state index in [1.807, 2.05) is 35.6 Å². The quantitative estimate of drug-likeness (QED) is 0.440. The van der Waals surface area contributed by atoms with Crippen molar-refractivity contribution in [3.05, 3.63) is 96.7 Å². The molecule has 5 rings (SSSR count). The fourth-order valence-electron chi connectivity index (χ4n) is 4.54. The first kappa shape index (κ1) is 23.5. The van der Waals surface area contributed by atoms with Crippen LogP contribution in [0.15, 0.2) is 79.9 Å². The standard InChI is InChI=1S/C27H29N7O2/c1-2-26(35)31-21-7-11-30-25(15-21)27-24-8-10-29-17-19(24)9-12-34(27)32-20-3-5-22(6-4-20)33-13-14-36-18-23(33)16-28/h2-12,15,17,23,27,32H,1,13-14,16,18,28H2,(H,30,31,35)/t23?,27-/m1/s1. The molecule has 0 bridgehead atoms. The molecule has 0 aliphatic carbocycles. The monoisotopic (exact) mass is 483 g/mol. The lowest BCUT2D eigenvalue weighted by Crippen LogP contribution is -2.49. The summed E-state index contributed by atoms with van der Waals surface area (Å²) in [7, 11) is 0. The van der Waals surface area contributed by atoms with E-state index in [0.717, 1.165) is 34.7 Å². The number of fused-ring (bicyclic) bond motifs is 1. The minimum atomic E-state index is -0.271. The number of amides is 1. The molecule has 9 nitrogen and oxygen atoms in total. The minimum Gasteiger partial charge on any atom is -0.377 e. The lowest BCUT2D eigenvalue weighted by atomic mass is 9.96. The molecule has 1 fully saturated rings. The van der Waals surface area contributed by atoms with Crippen LogP contribution in [-0.4, -0.2) is 53.2 Å². The number of rotatable bonds is 7. The summed E-state index contributed by atoms with van der Waals surface area (Å²) in [5, 5.41) is 4.83. The molecule has 4 N–H and O–H groups in total. The largest absolute Gasteiger partial charge is 0.377 e. The molecule has 3 aromatic rings. The van der Waals surface area contributed by atoms with Gasteiger partial charge in [0.25, 0.3) is 0 Å². The van der Waals surface area contributed by atoms with Gasteiger partial charge in [0, 0.05) is 54.8 Å². The van der Waals surface area contributed by atoms with Gasteiger partial charge in [-0.3, -0.25) is 25.2 Å². The maximum atomic E-state index is 11.8. The van der Waals surface area contributed by atoms with E-state index >= 15 is 0 Å². The van der Waals surface area contributed by atoms with Gasteiger partial charge in [0.1, 0.15) is 6.04 Å². The summed E-state index contributed by atoms with van der Waals surface area (Å²) in [6.45, 7) is 6.24. The highest BCUT2D eigenvalue weighted by Crippen LogP contribution is 2.35. The third-order valence-electron chi connectivity index (χ3n) is 6.35. The zero-order chi connectivity index (χ0) is 24.9. The molecule has 2 aliphatic heterocycles. The molecule has 1 amide bonds. The van der Waals surface area contributed by atoms with Gasteiger partial charge in [0.05, 0.1) is 30.6 Å². The van der Waals surface area contributed by atoms with E-state index in [4.69, 9.17) is 10.5 Å². The first-order valence-corrected chi connectivity index (χ1v) is 11.9. The molecule has 1 saturated heterocycles. The van der Waals surface area contributed by atoms with Crippen molar-refractivity contribution in [2.75, 3.05) is 41.9 Å². The molecular weight excluding hydrogens is 454 g/mol. The highest BCUT2D eigenvalue weighted by Gasteiger charge is 2.27. The Hall–Kier alpha value is -4.21. The van der Waals surface area contributed by atoms with Gasteiger partial charge in [0.2, 0.25) is 5.91 Å². The van der Waals surface area contributed by atoms with Crippen LogP contribution in [0, 0.1) is 0 Å². The summed E-state index contributed by atoms with van der Waals surface area (Å²) in [5.41, 5.74) is 15.0. The lowest BCUT2D eigenvalue weighted by Gasteiger charge is -2.37. The fourth-order valence-corrected chi connectivity index (χ4v) is 4.54. The molecule has 0 radical (unpaired) electrons. The van der Waals surface area contributed by atoms with Crippen molar-refractivity contribution in [1.82, 2.24) is 15.0 Å². The van der Waals surface area contributed by atoms with E-state index in [2.05, 4.69) is 56.5 Å². The van der Waals surface area contributed by atoms with Crippen molar-refractivity contribution in [1.29, 1.82) is 0 Å². The molecular formula is C27H29N7O2. The summed E-state index contributed by atoms with van der Waals surface area (Å²) in [6, 6.07) is 13.9. The number of anilines is 3. The minimum absolute atomic E-state index is 0.178. The van der Waals surface area contributed by atoms with Crippen LogP contribution >= 0.6 is 0 Å². The van der Waals surface area contributed by atoms with Crippen LogP contribution in [0.3, 0.4) is 0 Å². The molecule has 36 heavy (non-hydrogen) atoms. The van der Waals surface area contributed by atoms with E-state index in [-0.39, 0.29) is 18.0 Å². The number of carbonyl (C=O) groups excluding carboxylic acids is 1. The van der Waals surface area contributed by atoms with Crippen molar-refractivity contribution in [2.24, 2.45) is 5.73 Å². The molecule has 2 aliphatic rings. The fraction of sp³-hybridized carbons (Fsp3) is 0.222. The molecule has 0 saturated carbocycles. The van der Waals surface area contributed by atoms with E-state index in [0.29, 0.717) is 25.4 Å². The molecule has 1 unspecified atom stereocenters. The van der Waals surface area contributed by atoms with E-state index in [1.165, 1.54) is 6.08 Å². The van der Waals surface area contributed by atoms with Gasteiger partial charge < -0.3 is 20.7 Å². The lowest BCUT2D eigenvalue weighted by molar-refractivity contribution is -0.111.